The van der Waals surface area contributed by atoms with Gasteiger partial charge in [0, 0.05) is 0 Å². The van der Waals surface area contributed by atoms with Gasteiger partial charge in [-0.05, 0) is 33.8 Å². The van der Waals surface area contributed by atoms with E-state index in [1.54, 1.807) is 0 Å². The summed E-state index contributed by atoms with van der Waals surface area (Å²) in [4.78, 5) is 0. The van der Waals surface area contributed by atoms with Crippen LogP contribution in [0.25, 0.3) is 0 Å². The summed E-state index contributed by atoms with van der Waals surface area (Å²) in [6.45, 7) is 18.3. The molecule has 6 heteroatoms. The van der Waals surface area contributed by atoms with Crippen molar-refractivity contribution in [1.29, 1.82) is 0 Å². The van der Waals surface area contributed by atoms with Crippen LogP contribution in [0.3, 0.4) is 0 Å². The first kappa shape index (κ1) is 33.0. The van der Waals surface area contributed by atoms with Gasteiger partial charge in [-0.2, -0.15) is 0 Å². The molecule has 0 spiro atoms. The van der Waals surface area contributed by atoms with Crippen molar-refractivity contribution in [3.05, 3.63) is 71.8 Å². The van der Waals surface area contributed by atoms with E-state index in [1.165, 1.54) is 11.1 Å². The Labute approximate surface area is 217 Å². The molecule has 0 nitrogen and oxygen atoms in total. The minimum atomic E-state index is -0.346. The zero-order valence-corrected chi connectivity index (χ0v) is 25.6. The van der Waals surface area contributed by atoms with E-state index in [0.717, 1.165) is 0 Å². The molecule has 30 heavy (non-hydrogen) atoms. The molecule has 176 valence electrons. The summed E-state index contributed by atoms with van der Waals surface area (Å²) in [6.07, 6.45) is 0. The van der Waals surface area contributed by atoms with E-state index in [2.05, 4.69) is 116 Å². The summed E-state index contributed by atoms with van der Waals surface area (Å²) in [5.41, 5.74) is 3.60. The van der Waals surface area contributed by atoms with E-state index >= 15 is 0 Å². The van der Waals surface area contributed by atoms with Gasteiger partial charge in [0.25, 0.3) is 0 Å². The summed E-state index contributed by atoms with van der Waals surface area (Å²) in [5, 5.41) is 0. The molecule has 2 aromatic rings. The fourth-order valence-electron chi connectivity index (χ4n) is 2.48. The van der Waals surface area contributed by atoms with Crippen molar-refractivity contribution in [2.45, 2.75) is 67.2 Å². The standard InChI is InChI=1S/2C12H18.4ClH.2Ru/c2*1-10(12(2,3)4)11-8-6-5-7-9-11;;;;;;/h2*5-10H,1-4H3;4*1H;;/q;;;;;;2*+2/p-4. The molecule has 0 aliphatic carbocycles. The monoisotopic (exact) mass is 668 g/mol. The first-order valence-corrected chi connectivity index (χ1v) is 18.6. The Kier molecular flexibility index (Phi) is 20.1. The van der Waals surface area contributed by atoms with Crippen LogP contribution in [0.4, 0.5) is 0 Å². The quantitative estimate of drug-likeness (QED) is 0.280. The van der Waals surface area contributed by atoms with Crippen LogP contribution in [0.5, 0.6) is 0 Å². The normalized spacial score (nSPS) is 12.9. The summed E-state index contributed by atoms with van der Waals surface area (Å²) in [7, 11) is 19.4. The molecule has 2 unspecified atom stereocenters. The molecule has 2 aromatic carbocycles. The number of rotatable bonds is 2. The van der Waals surface area contributed by atoms with Gasteiger partial charge in [-0.3, -0.25) is 0 Å². The Balaban J connectivity index is 0. The third-order valence-corrected chi connectivity index (χ3v) is 5.20. The summed E-state index contributed by atoms with van der Waals surface area (Å²) < 4.78 is 0. The van der Waals surface area contributed by atoms with Gasteiger partial charge in [0.05, 0.1) is 0 Å². The van der Waals surface area contributed by atoms with Crippen LogP contribution in [0.1, 0.15) is 78.4 Å². The van der Waals surface area contributed by atoms with Crippen LogP contribution in [0.15, 0.2) is 60.7 Å². The Morgan fingerprint density at radius 2 is 0.733 bits per heavy atom. The van der Waals surface area contributed by atoms with Gasteiger partial charge in [0.1, 0.15) is 0 Å². The molecule has 0 saturated carbocycles. The summed E-state index contributed by atoms with van der Waals surface area (Å²) in [6, 6.07) is 21.4. The first-order valence-electron chi connectivity index (χ1n) is 9.67. The molecule has 2 rings (SSSR count). The average Bonchev–Trinajstić information content (AvgIpc) is 2.68. The minimum absolute atomic E-state index is 0.346. The van der Waals surface area contributed by atoms with Gasteiger partial charge in [-0.1, -0.05) is 116 Å². The van der Waals surface area contributed by atoms with Crippen molar-refractivity contribution in [3.8, 4) is 0 Å². The van der Waals surface area contributed by atoms with E-state index in [4.69, 9.17) is 38.8 Å². The number of benzene rings is 2. The molecular weight excluding hydrogens is 632 g/mol. The van der Waals surface area contributed by atoms with Crippen molar-refractivity contribution in [2.75, 3.05) is 0 Å². The second-order valence-corrected chi connectivity index (χ2v) is 14.4. The van der Waals surface area contributed by atoms with E-state index < -0.39 is 0 Å². The van der Waals surface area contributed by atoms with Gasteiger partial charge in [-0.25, -0.2) is 0 Å². The number of hydrogen-bond acceptors (Lipinski definition) is 0. The average molecular weight is 669 g/mol. The Hall–Kier alpha value is 0.847. The summed E-state index contributed by atoms with van der Waals surface area (Å²) >= 11 is -0.691. The summed E-state index contributed by atoms with van der Waals surface area (Å²) in [5.74, 6) is 1.25. The fourth-order valence-corrected chi connectivity index (χ4v) is 2.48. The molecule has 0 radical (unpaired) electrons. The molecule has 0 bridgehead atoms. The van der Waals surface area contributed by atoms with Gasteiger partial charge in [0.2, 0.25) is 0 Å². The van der Waals surface area contributed by atoms with Crippen molar-refractivity contribution in [3.63, 3.8) is 0 Å². The van der Waals surface area contributed by atoms with Gasteiger partial charge >= 0.3 is 69.1 Å². The third-order valence-electron chi connectivity index (χ3n) is 5.20. The van der Waals surface area contributed by atoms with Crippen LogP contribution in [0.2, 0.25) is 0 Å². The molecule has 0 aliphatic rings. The fraction of sp³-hybridized carbons (Fsp3) is 0.500. The maximum absolute atomic E-state index is 4.85. The third kappa shape index (κ3) is 16.5. The molecule has 0 amide bonds. The van der Waals surface area contributed by atoms with Crippen LogP contribution in [-0.2, 0) is 30.3 Å². The van der Waals surface area contributed by atoms with Crippen LogP contribution >= 0.6 is 38.8 Å². The van der Waals surface area contributed by atoms with Gasteiger partial charge in [-0.15, -0.1) is 0 Å². The van der Waals surface area contributed by atoms with Crippen LogP contribution < -0.4 is 0 Å². The van der Waals surface area contributed by atoms with Crippen molar-refractivity contribution in [2.24, 2.45) is 10.8 Å². The molecule has 0 heterocycles. The molecule has 0 aromatic heterocycles. The van der Waals surface area contributed by atoms with Gasteiger partial charge < -0.3 is 0 Å². The zero-order chi connectivity index (χ0) is 23.8. The van der Waals surface area contributed by atoms with E-state index in [-0.39, 0.29) is 30.3 Å². The van der Waals surface area contributed by atoms with Crippen LogP contribution in [0, 0.1) is 10.8 Å². The Bertz CT molecular complexity index is 566. The first-order chi connectivity index (χ1) is 13.9. The maximum atomic E-state index is 4.85. The van der Waals surface area contributed by atoms with Crippen LogP contribution in [-0.4, -0.2) is 0 Å². The molecule has 2 atom stereocenters. The molecule has 0 aliphatic heterocycles. The molecule has 0 saturated heterocycles. The Morgan fingerprint density at radius 3 is 0.900 bits per heavy atom. The van der Waals surface area contributed by atoms with E-state index in [9.17, 15) is 0 Å². The zero-order valence-electron chi connectivity index (χ0n) is 19.1. The molecule has 0 N–H and O–H groups in total. The second-order valence-electron chi connectivity index (χ2n) is 9.10. The number of hydrogen-bond donors (Lipinski definition) is 0. The Morgan fingerprint density at radius 1 is 0.533 bits per heavy atom. The molecular formula is C24H36Cl4Ru2. The van der Waals surface area contributed by atoms with Crippen molar-refractivity contribution < 1.29 is 30.3 Å². The van der Waals surface area contributed by atoms with Gasteiger partial charge in [0.15, 0.2) is 0 Å². The predicted octanol–water partition coefficient (Wildman–Crippen LogP) is 10.4. The topological polar surface area (TPSA) is 0 Å². The van der Waals surface area contributed by atoms with E-state index in [1.807, 2.05) is 0 Å². The number of halogens is 4. The van der Waals surface area contributed by atoms with Crippen molar-refractivity contribution >= 4 is 38.8 Å². The SMILES string of the molecule is CC(c1ccccc1)C(C)(C)C.CC(c1ccccc1)C(C)(C)C.[Cl][Ru][Cl].[Cl][Ru][Cl]. The second kappa shape index (κ2) is 18.3. The van der Waals surface area contributed by atoms with Crippen molar-refractivity contribution in [1.82, 2.24) is 0 Å². The predicted molar refractivity (Wildman–Crippen MR) is 132 cm³/mol. The molecule has 0 fully saturated rings. The van der Waals surface area contributed by atoms with E-state index in [0.29, 0.717) is 22.7 Å².